The first-order valence-electron chi connectivity index (χ1n) is 6.26. The van der Waals surface area contributed by atoms with Gasteiger partial charge in [-0.25, -0.2) is 0 Å². The smallest absolute Gasteiger partial charge is 0.183 e. The van der Waals surface area contributed by atoms with Gasteiger partial charge in [0, 0.05) is 16.6 Å². The Morgan fingerprint density at radius 3 is 3.06 bits per heavy atom. The van der Waals surface area contributed by atoms with Gasteiger partial charge < -0.3 is 4.98 Å². The summed E-state index contributed by atoms with van der Waals surface area (Å²) < 4.78 is 0. The van der Waals surface area contributed by atoms with E-state index in [0.717, 1.165) is 18.7 Å². The summed E-state index contributed by atoms with van der Waals surface area (Å²) in [6.45, 7) is 0. The van der Waals surface area contributed by atoms with E-state index in [1.54, 1.807) is 0 Å². The summed E-state index contributed by atoms with van der Waals surface area (Å²) in [4.78, 5) is 3.53. The molecule has 0 saturated carbocycles. The first-order chi connectivity index (χ1) is 8.93. The molecule has 2 aromatic heterocycles. The van der Waals surface area contributed by atoms with E-state index in [-0.39, 0.29) is 5.92 Å². The van der Waals surface area contributed by atoms with Crippen LogP contribution in [0.4, 0.5) is 0 Å². The lowest BCUT2D eigenvalue weighted by Crippen LogP contribution is -2.12. The van der Waals surface area contributed by atoms with E-state index in [0.29, 0.717) is 0 Å². The average molecular weight is 239 g/mol. The molecule has 1 aliphatic carbocycles. The quantitative estimate of drug-likeness (QED) is 0.683. The van der Waals surface area contributed by atoms with Gasteiger partial charge in [-0.1, -0.05) is 23.4 Å². The summed E-state index contributed by atoms with van der Waals surface area (Å²) in [6, 6.07) is 8.46. The van der Waals surface area contributed by atoms with Crippen LogP contribution in [-0.4, -0.2) is 25.6 Å². The van der Waals surface area contributed by atoms with E-state index in [4.69, 9.17) is 0 Å². The van der Waals surface area contributed by atoms with Gasteiger partial charge in [0.15, 0.2) is 5.82 Å². The largest absolute Gasteiger partial charge is 0.358 e. The highest BCUT2D eigenvalue weighted by Gasteiger charge is 2.27. The van der Waals surface area contributed by atoms with Gasteiger partial charge in [-0.3, -0.25) is 0 Å². The van der Waals surface area contributed by atoms with Gasteiger partial charge in [0.2, 0.25) is 0 Å². The molecule has 1 aromatic carbocycles. The number of H-pyrrole nitrogens is 2. The second-order valence-corrected chi connectivity index (χ2v) is 4.78. The molecular weight excluding hydrogens is 226 g/mol. The van der Waals surface area contributed by atoms with Crippen LogP contribution in [0.5, 0.6) is 0 Å². The Hall–Kier alpha value is -2.17. The van der Waals surface area contributed by atoms with Crippen molar-refractivity contribution < 1.29 is 0 Å². The Kier molecular flexibility index (Phi) is 2.00. The Bertz CT molecular complexity index is 683. The molecule has 0 aliphatic heterocycles. The molecule has 0 unspecified atom stereocenters. The summed E-state index contributed by atoms with van der Waals surface area (Å²) >= 11 is 0. The number of rotatable bonds is 1. The average Bonchev–Trinajstić information content (AvgIpc) is 3.05. The molecule has 1 atom stereocenters. The number of nitrogens with one attached hydrogen (secondary N) is 2. The van der Waals surface area contributed by atoms with Crippen molar-refractivity contribution in [3.05, 3.63) is 41.3 Å². The minimum atomic E-state index is 0.250. The van der Waals surface area contributed by atoms with Gasteiger partial charge >= 0.3 is 0 Å². The Morgan fingerprint density at radius 1 is 1.22 bits per heavy atom. The summed E-state index contributed by atoms with van der Waals surface area (Å²) in [5, 5.41) is 15.8. The number of tetrazole rings is 1. The maximum absolute atomic E-state index is 4.14. The summed E-state index contributed by atoms with van der Waals surface area (Å²) in [5.41, 5.74) is 3.90. The molecule has 18 heavy (non-hydrogen) atoms. The van der Waals surface area contributed by atoms with Gasteiger partial charge in [-0.2, -0.15) is 5.21 Å². The molecule has 5 heteroatoms. The lowest BCUT2D eigenvalue weighted by atomic mass is 9.86. The molecule has 0 bridgehead atoms. The van der Waals surface area contributed by atoms with E-state index in [1.165, 1.54) is 28.6 Å². The van der Waals surface area contributed by atoms with Gasteiger partial charge in [-0.05, 0) is 30.9 Å². The lowest BCUT2D eigenvalue weighted by molar-refractivity contribution is 0.583. The van der Waals surface area contributed by atoms with Crippen LogP contribution in [0.2, 0.25) is 0 Å². The molecule has 2 N–H and O–H groups in total. The fourth-order valence-corrected chi connectivity index (χ4v) is 2.99. The number of hydrogen-bond acceptors (Lipinski definition) is 3. The highest BCUT2D eigenvalue weighted by molar-refractivity contribution is 5.85. The molecular formula is C13H13N5. The van der Waals surface area contributed by atoms with Crippen LogP contribution < -0.4 is 0 Å². The number of aromatic nitrogens is 5. The molecule has 90 valence electrons. The number of hydrogen-bond donors (Lipinski definition) is 2. The minimum Gasteiger partial charge on any atom is -0.358 e. The van der Waals surface area contributed by atoms with Crippen LogP contribution in [0.25, 0.3) is 10.9 Å². The number of fused-ring (bicyclic) bond motifs is 3. The van der Waals surface area contributed by atoms with Gasteiger partial charge in [0.05, 0.1) is 5.92 Å². The fraction of sp³-hybridized carbons (Fsp3) is 0.308. The molecule has 0 fully saturated rings. The van der Waals surface area contributed by atoms with Crippen molar-refractivity contribution in [2.45, 2.75) is 25.2 Å². The highest BCUT2D eigenvalue weighted by atomic mass is 15.5. The van der Waals surface area contributed by atoms with Crippen molar-refractivity contribution >= 4 is 10.9 Å². The Balaban J connectivity index is 1.94. The van der Waals surface area contributed by atoms with E-state index >= 15 is 0 Å². The minimum absolute atomic E-state index is 0.250. The molecule has 1 aliphatic rings. The summed E-state index contributed by atoms with van der Waals surface area (Å²) in [6.07, 6.45) is 3.39. The zero-order valence-corrected chi connectivity index (χ0v) is 9.85. The highest BCUT2D eigenvalue weighted by Crippen LogP contribution is 2.38. The van der Waals surface area contributed by atoms with Gasteiger partial charge in [0.1, 0.15) is 0 Å². The maximum atomic E-state index is 4.14. The number of aryl methyl sites for hydroxylation is 1. The third-order valence-corrected chi connectivity index (χ3v) is 3.79. The number of nitrogens with zero attached hydrogens (tertiary/aromatic N) is 3. The van der Waals surface area contributed by atoms with Crippen LogP contribution in [0.1, 0.15) is 35.8 Å². The molecule has 3 aromatic rings. The fourth-order valence-electron chi connectivity index (χ4n) is 2.99. The van der Waals surface area contributed by atoms with Crippen molar-refractivity contribution in [3.8, 4) is 0 Å². The standard InChI is InChI=1S/C13H13N5/c1-2-7-11-8(4-1)9-5-3-6-10(12(9)14-11)13-15-17-18-16-13/h1-2,4,7,10,14H,3,5-6H2,(H,15,16,17,18)/t10-/m1/s1. The van der Waals surface area contributed by atoms with Crippen LogP contribution in [0.3, 0.4) is 0 Å². The maximum Gasteiger partial charge on any atom is 0.183 e. The zero-order valence-electron chi connectivity index (χ0n) is 9.85. The summed E-state index contributed by atoms with van der Waals surface area (Å²) in [5.74, 6) is 1.04. The van der Waals surface area contributed by atoms with Crippen molar-refractivity contribution in [2.75, 3.05) is 0 Å². The monoisotopic (exact) mass is 239 g/mol. The Morgan fingerprint density at radius 2 is 2.17 bits per heavy atom. The molecule has 4 rings (SSSR count). The second-order valence-electron chi connectivity index (χ2n) is 4.78. The third kappa shape index (κ3) is 1.30. The van der Waals surface area contributed by atoms with Crippen LogP contribution >= 0.6 is 0 Å². The molecule has 0 radical (unpaired) electrons. The van der Waals surface area contributed by atoms with Crippen LogP contribution in [0, 0.1) is 0 Å². The van der Waals surface area contributed by atoms with E-state index in [2.05, 4.69) is 49.9 Å². The van der Waals surface area contributed by atoms with Crippen molar-refractivity contribution in [1.29, 1.82) is 0 Å². The first-order valence-corrected chi connectivity index (χ1v) is 6.26. The third-order valence-electron chi connectivity index (χ3n) is 3.79. The number of benzene rings is 1. The van der Waals surface area contributed by atoms with E-state index in [9.17, 15) is 0 Å². The molecule has 0 saturated heterocycles. The van der Waals surface area contributed by atoms with Crippen molar-refractivity contribution in [3.63, 3.8) is 0 Å². The van der Waals surface area contributed by atoms with Crippen LogP contribution in [-0.2, 0) is 6.42 Å². The second kappa shape index (κ2) is 3.66. The van der Waals surface area contributed by atoms with E-state index in [1.807, 2.05) is 0 Å². The number of aromatic amines is 2. The molecule has 0 amide bonds. The predicted molar refractivity (Wildman–Crippen MR) is 67.3 cm³/mol. The van der Waals surface area contributed by atoms with Crippen LogP contribution in [0.15, 0.2) is 24.3 Å². The topological polar surface area (TPSA) is 70.2 Å². The molecule has 5 nitrogen and oxygen atoms in total. The lowest BCUT2D eigenvalue weighted by Gasteiger charge is -2.19. The summed E-state index contributed by atoms with van der Waals surface area (Å²) in [7, 11) is 0. The predicted octanol–water partition coefficient (Wildman–Crippen LogP) is 2.15. The molecule has 0 spiro atoms. The SMILES string of the molecule is c1ccc2c3c([nH]c2c1)[C@H](c1nn[nH]n1)CCC3. The van der Waals surface area contributed by atoms with Gasteiger partial charge in [0.25, 0.3) is 0 Å². The van der Waals surface area contributed by atoms with Crippen molar-refractivity contribution in [2.24, 2.45) is 0 Å². The zero-order chi connectivity index (χ0) is 11.9. The van der Waals surface area contributed by atoms with Crippen molar-refractivity contribution in [1.82, 2.24) is 25.6 Å². The first kappa shape index (κ1) is 9.82. The number of para-hydroxylation sites is 1. The Labute approximate surface area is 104 Å². The normalized spacial score (nSPS) is 19.0. The van der Waals surface area contributed by atoms with Gasteiger partial charge in [-0.15, -0.1) is 10.2 Å². The molecule has 2 heterocycles. The van der Waals surface area contributed by atoms with E-state index < -0.39 is 0 Å².